The lowest BCUT2D eigenvalue weighted by Gasteiger charge is -2.49. The predicted molar refractivity (Wildman–Crippen MR) is 135 cm³/mol. The first kappa shape index (κ1) is 28.1. The number of fused-ring (bicyclic) bond motifs is 3. The summed E-state index contributed by atoms with van der Waals surface area (Å²) in [6.45, 7) is -1.35. The summed E-state index contributed by atoms with van der Waals surface area (Å²) in [5.41, 5.74) is -1.25. The molecule has 1 saturated heterocycles. The van der Waals surface area contributed by atoms with Gasteiger partial charge in [-0.15, -0.1) is 0 Å². The molecule has 2 aliphatic heterocycles. The minimum absolute atomic E-state index is 0.119. The van der Waals surface area contributed by atoms with Crippen LogP contribution in [-0.4, -0.2) is 44.9 Å². The van der Waals surface area contributed by atoms with Gasteiger partial charge in [0.1, 0.15) is 11.6 Å². The standard InChI is InChI=1S/C27H24F6N2O4S/c1-26(36)7-8-34-20(14-26)15-35(40(37,38)22-4-2-3-18(12-22)27(31,32)33)24-11-16(5-6-23(24)34)17-9-19(28)13-21(10-17)39-25(29)30/h2-6,9-13,20,25,36H,7-8,14-15H2,1H3. The molecular formula is C27H24F6N2O4S. The van der Waals surface area contributed by atoms with E-state index in [4.69, 9.17) is 0 Å². The highest BCUT2D eigenvalue weighted by atomic mass is 32.2. The van der Waals surface area contributed by atoms with Gasteiger partial charge in [0.25, 0.3) is 10.0 Å². The van der Waals surface area contributed by atoms with Crippen molar-refractivity contribution >= 4 is 21.4 Å². The van der Waals surface area contributed by atoms with Crippen molar-refractivity contribution in [3.63, 3.8) is 0 Å². The highest BCUT2D eigenvalue weighted by Crippen LogP contribution is 2.45. The van der Waals surface area contributed by atoms with Crippen LogP contribution < -0.4 is 13.9 Å². The van der Waals surface area contributed by atoms with E-state index in [1.807, 2.05) is 4.90 Å². The summed E-state index contributed by atoms with van der Waals surface area (Å²) >= 11 is 0. The Bertz CT molecular complexity index is 1540. The van der Waals surface area contributed by atoms with E-state index in [1.165, 1.54) is 12.1 Å². The number of halogens is 6. The maximum atomic E-state index is 14.3. The van der Waals surface area contributed by atoms with Crippen molar-refractivity contribution in [2.75, 3.05) is 22.3 Å². The Labute approximate surface area is 226 Å². The number of alkyl halides is 5. The van der Waals surface area contributed by atoms with Crippen molar-refractivity contribution in [3.8, 4) is 16.9 Å². The number of nitrogens with zero attached hydrogens (tertiary/aromatic N) is 2. The lowest BCUT2D eigenvalue weighted by Crippen LogP contribution is -2.57. The van der Waals surface area contributed by atoms with Gasteiger partial charge >= 0.3 is 12.8 Å². The molecule has 3 aromatic rings. The fraction of sp³-hybridized carbons (Fsp3) is 0.333. The van der Waals surface area contributed by atoms with Crippen molar-refractivity contribution in [1.29, 1.82) is 0 Å². The fourth-order valence-electron chi connectivity index (χ4n) is 5.27. The van der Waals surface area contributed by atoms with Crippen LogP contribution in [0.2, 0.25) is 0 Å². The summed E-state index contributed by atoms with van der Waals surface area (Å²) in [5, 5.41) is 10.7. The van der Waals surface area contributed by atoms with E-state index >= 15 is 0 Å². The summed E-state index contributed by atoms with van der Waals surface area (Å²) in [7, 11) is -4.55. The van der Waals surface area contributed by atoms with Crippen LogP contribution in [0.15, 0.2) is 65.6 Å². The highest BCUT2D eigenvalue weighted by Gasteiger charge is 2.43. The van der Waals surface area contributed by atoms with Gasteiger partial charge < -0.3 is 14.7 Å². The van der Waals surface area contributed by atoms with Gasteiger partial charge in [0.15, 0.2) is 0 Å². The quantitative estimate of drug-likeness (QED) is 0.369. The van der Waals surface area contributed by atoms with E-state index < -0.39 is 56.5 Å². The average Bonchev–Trinajstić information content (AvgIpc) is 2.86. The topological polar surface area (TPSA) is 70.1 Å². The summed E-state index contributed by atoms with van der Waals surface area (Å²) in [5.74, 6) is -1.30. The molecule has 6 nitrogen and oxygen atoms in total. The zero-order valence-corrected chi connectivity index (χ0v) is 21.8. The van der Waals surface area contributed by atoms with Crippen LogP contribution in [0.4, 0.5) is 37.7 Å². The Morgan fingerprint density at radius 3 is 2.48 bits per heavy atom. The Morgan fingerprint density at radius 2 is 1.77 bits per heavy atom. The number of benzene rings is 3. The van der Waals surface area contributed by atoms with Crippen molar-refractivity contribution in [3.05, 3.63) is 72.0 Å². The molecule has 13 heteroatoms. The normalized spacial score (nSPS) is 21.3. The minimum Gasteiger partial charge on any atom is -0.435 e. The second kappa shape index (κ2) is 9.88. The van der Waals surface area contributed by atoms with Gasteiger partial charge in [0.05, 0.1) is 40.0 Å². The Hall–Kier alpha value is -3.45. The molecule has 214 valence electrons. The third-order valence-corrected chi connectivity index (χ3v) is 8.89. The van der Waals surface area contributed by atoms with Crippen molar-refractivity contribution < 1.29 is 44.6 Å². The first-order valence-corrected chi connectivity index (χ1v) is 13.7. The van der Waals surface area contributed by atoms with Crippen LogP contribution in [-0.2, 0) is 16.2 Å². The van der Waals surface area contributed by atoms with Gasteiger partial charge in [-0.3, -0.25) is 4.31 Å². The Kier molecular flexibility index (Phi) is 6.94. The van der Waals surface area contributed by atoms with Crippen LogP contribution in [0.25, 0.3) is 11.1 Å². The van der Waals surface area contributed by atoms with Crippen molar-refractivity contribution in [2.45, 2.75) is 49.1 Å². The molecule has 0 bridgehead atoms. The zero-order chi connectivity index (χ0) is 29.0. The molecule has 3 aromatic carbocycles. The number of sulfonamides is 1. The number of aliphatic hydroxyl groups is 1. The minimum atomic E-state index is -4.77. The van der Waals surface area contributed by atoms with Gasteiger partial charge in [0, 0.05) is 12.6 Å². The third-order valence-electron chi connectivity index (χ3n) is 7.12. The van der Waals surface area contributed by atoms with E-state index in [0.717, 1.165) is 34.6 Å². The molecule has 1 fully saturated rings. The monoisotopic (exact) mass is 586 g/mol. The van der Waals surface area contributed by atoms with E-state index in [0.29, 0.717) is 24.7 Å². The number of hydrogen-bond acceptors (Lipinski definition) is 5. The number of rotatable bonds is 5. The summed E-state index contributed by atoms with van der Waals surface area (Å²) in [6, 6.07) is 10.5. The molecule has 2 aliphatic rings. The molecule has 40 heavy (non-hydrogen) atoms. The summed E-state index contributed by atoms with van der Waals surface area (Å²) < 4.78 is 113. The molecule has 0 aliphatic carbocycles. The number of anilines is 2. The van der Waals surface area contributed by atoms with E-state index in [-0.39, 0.29) is 29.8 Å². The van der Waals surface area contributed by atoms with Gasteiger partial charge in [0.2, 0.25) is 0 Å². The summed E-state index contributed by atoms with van der Waals surface area (Å²) in [6.07, 6.45) is -4.17. The fourth-order valence-corrected chi connectivity index (χ4v) is 6.82. The molecule has 2 unspecified atom stereocenters. The van der Waals surface area contributed by atoms with Gasteiger partial charge in [-0.2, -0.15) is 22.0 Å². The predicted octanol–water partition coefficient (Wildman–Crippen LogP) is 6.04. The maximum absolute atomic E-state index is 14.3. The van der Waals surface area contributed by atoms with Crippen molar-refractivity contribution in [1.82, 2.24) is 0 Å². The first-order valence-electron chi connectivity index (χ1n) is 12.2. The van der Waals surface area contributed by atoms with E-state index in [9.17, 15) is 39.9 Å². The van der Waals surface area contributed by atoms with Gasteiger partial charge in [-0.05, 0) is 73.4 Å². The smallest absolute Gasteiger partial charge is 0.416 e. The molecule has 0 radical (unpaired) electrons. The molecule has 0 spiro atoms. The molecule has 0 amide bonds. The number of hydrogen-bond donors (Lipinski definition) is 1. The van der Waals surface area contributed by atoms with Crippen molar-refractivity contribution in [2.24, 2.45) is 0 Å². The Balaban J connectivity index is 1.65. The number of piperidine rings is 1. The van der Waals surface area contributed by atoms with Crippen LogP contribution in [0.5, 0.6) is 5.75 Å². The van der Waals surface area contributed by atoms with Crippen LogP contribution in [0.3, 0.4) is 0 Å². The lowest BCUT2D eigenvalue weighted by atomic mass is 9.86. The highest BCUT2D eigenvalue weighted by molar-refractivity contribution is 7.92. The maximum Gasteiger partial charge on any atom is 0.416 e. The van der Waals surface area contributed by atoms with Crippen LogP contribution in [0.1, 0.15) is 25.3 Å². The largest absolute Gasteiger partial charge is 0.435 e. The number of ether oxygens (including phenoxy) is 1. The molecule has 0 saturated carbocycles. The second-order valence-corrected chi connectivity index (χ2v) is 12.0. The molecule has 5 rings (SSSR count). The Morgan fingerprint density at radius 1 is 1.02 bits per heavy atom. The van der Waals surface area contributed by atoms with Gasteiger partial charge in [-0.25, -0.2) is 12.8 Å². The van der Waals surface area contributed by atoms with Gasteiger partial charge in [-0.1, -0.05) is 12.1 Å². The average molecular weight is 587 g/mol. The SMILES string of the molecule is CC1(O)CCN2c3ccc(-c4cc(F)cc(OC(F)F)c4)cc3N(S(=O)(=O)c3cccc(C(F)(F)F)c3)CC2C1. The van der Waals surface area contributed by atoms with Crippen LogP contribution in [0, 0.1) is 5.82 Å². The molecule has 0 aromatic heterocycles. The van der Waals surface area contributed by atoms with E-state index in [1.54, 1.807) is 19.1 Å². The van der Waals surface area contributed by atoms with Crippen LogP contribution >= 0.6 is 0 Å². The summed E-state index contributed by atoms with van der Waals surface area (Å²) in [4.78, 5) is 1.35. The second-order valence-electron chi connectivity index (χ2n) is 10.1. The molecule has 2 heterocycles. The zero-order valence-electron chi connectivity index (χ0n) is 21.0. The molecule has 2 atom stereocenters. The third kappa shape index (κ3) is 5.44. The first-order chi connectivity index (χ1) is 18.6. The molecular weight excluding hydrogens is 562 g/mol. The van der Waals surface area contributed by atoms with E-state index in [2.05, 4.69) is 4.74 Å². The molecule has 1 N–H and O–H groups in total. The lowest BCUT2D eigenvalue weighted by molar-refractivity contribution is -0.137.